The minimum absolute atomic E-state index is 0.260. The Hall–Kier alpha value is -3.52. The number of hydrogen-bond acceptors (Lipinski definition) is 5. The van der Waals surface area contributed by atoms with Crippen LogP contribution in [0.1, 0.15) is 15.9 Å². The number of anilines is 2. The molecule has 0 saturated heterocycles. The van der Waals surface area contributed by atoms with Crippen LogP contribution < -0.4 is 19.1 Å². The Bertz CT molecular complexity index is 1210. The smallest absolute Gasteiger partial charge is 0.255 e. The number of carbonyl (C=O) groups is 1. The Labute approximate surface area is 181 Å². The lowest BCUT2D eigenvalue weighted by Crippen LogP contribution is -2.27. The van der Waals surface area contributed by atoms with E-state index in [-0.39, 0.29) is 5.91 Å². The first-order valence-corrected chi connectivity index (χ1v) is 11.5. The fourth-order valence-electron chi connectivity index (χ4n) is 3.45. The Morgan fingerprint density at radius 3 is 2.16 bits per heavy atom. The van der Waals surface area contributed by atoms with E-state index in [4.69, 9.17) is 9.47 Å². The number of sulfonamides is 1. The van der Waals surface area contributed by atoms with Crippen LogP contribution in [0, 0.1) is 0 Å². The molecule has 1 aliphatic rings. The highest BCUT2D eigenvalue weighted by atomic mass is 32.2. The zero-order valence-corrected chi connectivity index (χ0v) is 18.0. The number of methoxy groups -OCH3 is 1. The van der Waals surface area contributed by atoms with E-state index in [1.165, 1.54) is 10.6 Å². The summed E-state index contributed by atoms with van der Waals surface area (Å²) in [4.78, 5) is 12.6. The highest BCUT2D eigenvalue weighted by molar-refractivity contribution is 7.92. The molecule has 1 amide bonds. The lowest BCUT2D eigenvalue weighted by atomic mass is 10.1. The van der Waals surface area contributed by atoms with Gasteiger partial charge < -0.3 is 14.8 Å². The third kappa shape index (κ3) is 4.64. The maximum absolute atomic E-state index is 12.6. The number of hydrogen-bond donors (Lipinski definition) is 1. The van der Waals surface area contributed by atoms with Gasteiger partial charge in [-0.3, -0.25) is 9.10 Å². The van der Waals surface area contributed by atoms with E-state index in [1.807, 2.05) is 24.3 Å². The molecule has 0 aliphatic carbocycles. The van der Waals surface area contributed by atoms with Crippen LogP contribution >= 0.6 is 0 Å². The average Bonchev–Trinajstić information content (AvgIpc) is 3.19. The van der Waals surface area contributed by atoms with Crippen LogP contribution in [0.15, 0.2) is 66.7 Å². The molecule has 1 N–H and O–H groups in total. The highest BCUT2D eigenvalue weighted by Crippen LogP contribution is 2.31. The number of nitrogens with one attached hydrogen (secondary N) is 1. The molecule has 8 heteroatoms. The summed E-state index contributed by atoms with van der Waals surface area (Å²) in [6, 6.07) is 19.4. The van der Waals surface area contributed by atoms with Gasteiger partial charge in [-0.1, -0.05) is 0 Å². The third-order valence-electron chi connectivity index (χ3n) is 5.00. The van der Waals surface area contributed by atoms with Crippen LogP contribution in [-0.2, 0) is 16.4 Å². The minimum atomic E-state index is -3.31. The quantitative estimate of drug-likeness (QED) is 0.627. The molecule has 0 saturated carbocycles. The summed E-state index contributed by atoms with van der Waals surface area (Å²) in [5.41, 5.74) is 2.60. The predicted molar refractivity (Wildman–Crippen MR) is 120 cm³/mol. The lowest BCUT2D eigenvalue weighted by molar-refractivity contribution is 0.102. The molecule has 0 unspecified atom stereocenters. The molecule has 0 aromatic heterocycles. The Kier molecular flexibility index (Phi) is 5.56. The average molecular weight is 439 g/mol. The van der Waals surface area contributed by atoms with Crippen LogP contribution in [0.4, 0.5) is 11.4 Å². The summed E-state index contributed by atoms with van der Waals surface area (Å²) in [7, 11) is -1.71. The number of fused-ring (bicyclic) bond motifs is 1. The molecule has 0 spiro atoms. The van der Waals surface area contributed by atoms with E-state index < -0.39 is 10.0 Å². The number of carbonyl (C=O) groups excluding carboxylic acids is 1. The normalized spacial score (nSPS) is 12.9. The van der Waals surface area contributed by atoms with Crippen LogP contribution in [-0.4, -0.2) is 34.2 Å². The maximum atomic E-state index is 12.6. The van der Waals surface area contributed by atoms with Gasteiger partial charge in [0.15, 0.2) is 0 Å². The number of rotatable bonds is 6. The molecule has 3 aromatic carbocycles. The summed E-state index contributed by atoms with van der Waals surface area (Å²) in [5.74, 6) is 1.81. The van der Waals surface area contributed by atoms with Crippen molar-refractivity contribution in [2.75, 3.05) is 29.5 Å². The first kappa shape index (κ1) is 20.7. The van der Waals surface area contributed by atoms with Gasteiger partial charge in [0.2, 0.25) is 10.0 Å². The van der Waals surface area contributed by atoms with Gasteiger partial charge in [0, 0.05) is 17.8 Å². The van der Waals surface area contributed by atoms with Gasteiger partial charge in [-0.25, -0.2) is 8.42 Å². The van der Waals surface area contributed by atoms with Crippen molar-refractivity contribution in [1.29, 1.82) is 0 Å². The summed E-state index contributed by atoms with van der Waals surface area (Å²) in [5, 5.41) is 2.85. The highest BCUT2D eigenvalue weighted by Gasteiger charge is 2.26. The SMILES string of the molecule is COc1ccc(Oc2ccc(NC(=O)c3ccc4c(c3)CCN4S(C)(=O)=O)cc2)cc1. The Morgan fingerprint density at radius 1 is 0.935 bits per heavy atom. The van der Waals surface area contributed by atoms with Crippen LogP contribution in [0.25, 0.3) is 0 Å². The van der Waals surface area contributed by atoms with E-state index >= 15 is 0 Å². The summed E-state index contributed by atoms with van der Waals surface area (Å²) < 4.78 is 36.0. The van der Waals surface area contributed by atoms with E-state index in [2.05, 4.69) is 5.32 Å². The molecule has 31 heavy (non-hydrogen) atoms. The van der Waals surface area contributed by atoms with Crippen LogP contribution in [0.3, 0.4) is 0 Å². The van der Waals surface area contributed by atoms with E-state index in [0.29, 0.717) is 41.4 Å². The van der Waals surface area contributed by atoms with Gasteiger partial charge in [-0.2, -0.15) is 0 Å². The molecule has 4 rings (SSSR count). The number of nitrogens with zero attached hydrogens (tertiary/aromatic N) is 1. The van der Waals surface area contributed by atoms with Crippen LogP contribution in [0.5, 0.6) is 17.2 Å². The fourth-order valence-corrected chi connectivity index (χ4v) is 4.40. The second kappa shape index (κ2) is 8.31. The van der Waals surface area contributed by atoms with E-state index in [0.717, 1.165) is 11.3 Å². The van der Waals surface area contributed by atoms with E-state index in [1.54, 1.807) is 49.6 Å². The Morgan fingerprint density at radius 2 is 1.55 bits per heavy atom. The molecule has 3 aromatic rings. The van der Waals surface area contributed by atoms with Gasteiger partial charge in [0.25, 0.3) is 5.91 Å². The molecule has 0 radical (unpaired) electrons. The second-order valence-corrected chi connectivity index (χ2v) is 9.09. The van der Waals surface area contributed by atoms with Crippen molar-refractivity contribution in [3.63, 3.8) is 0 Å². The van der Waals surface area contributed by atoms with Crippen molar-refractivity contribution in [1.82, 2.24) is 0 Å². The van der Waals surface area contributed by atoms with Crippen molar-refractivity contribution >= 4 is 27.3 Å². The zero-order chi connectivity index (χ0) is 22.0. The Balaban J connectivity index is 1.42. The van der Waals surface area contributed by atoms with Gasteiger partial charge >= 0.3 is 0 Å². The van der Waals surface area contributed by atoms with Gasteiger partial charge in [0.05, 0.1) is 19.1 Å². The summed E-state index contributed by atoms with van der Waals surface area (Å²) >= 11 is 0. The number of amides is 1. The standard InChI is InChI=1S/C23H22N2O5S/c1-29-19-8-10-21(11-9-19)30-20-6-4-18(5-7-20)24-23(26)17-3-12-22-16(15-17)13-14-25(22)31(2,27)28/h3-12,15H,13-14H2,1-2H3,(H,24,26). The molecule has 1 heterocycles. The molecular formula is C23H22N2O5S. The first-order valence-electron chi connectivity index (χ1n) is 9.67. The van der Waals surface area contributed by atoms with Gasteiger partial charge in [-0.15, -0.1) is 0 Å². The summed E-state index contributed by atoms with van der Waals surface area (Å²) in [6.07, 6.45) is 1.77. The van der Waals surface area contributed by atoms with Crippen molar-refractivity contribution in [2.24, 2.45) is 0 Å². The topological polar surface area (TPSA) is 84.9 Å². The largest absolute Gasteiger partial charge is 0.497 e. The van der Waals surface area contributed by atoms with Crippen molar-refractivity contribution in [2.45, 2.75) is 6.42 Å². The molecule has 0 atom stereocenters. The molecule has 0 fully saturated rings. The molecule has 7 nitrogen and oxygen atoms in total. The lowest BCUT2D eigenvalue weighted by Gasteiger charge is -2.16. The van der Waals surface area contributed by atoms with Crippen LogP contribution in [0.2, 0.25) is 0 Å². The zero-order valence-electron chi connectivity index (χ0n) is 17.2. The molecule has 160 valence electrons. The van der Waals surface area contributed by atoms with E-state index in [9.17, 15) is 13.2 Å². The number of ether oxygens (including phenoxy) is 2. The second-order valence-electron chi connectivity index (χ2n) is 7.18. The molecular weight excluding hydrogens is 416 g/mol. The van der Waals surface area contributed by atoms with Crippen molar-refractivity contribution in [3.05, 3.63) is 77.9 Å². The van der Waals surface area contributed by atoms with Crippen molar-refractivity contribution < 1.29 is 22.7 Å². The molecule has 0 bridgehead atoms. The minimum Gasteiger partial charge on any atom is -0.497 e. The summed E-state index contributed by atoms with van der Waals surface area (Å²) in [6.45, 7) is 0.398. The number of benzene rings is 3. The third-order valence-corrected chi connectivity index (χ3v) is 6.18. The first-order chi connectivity index (χ1) is 14.8. The maximum Gasteiger partial charge on any atom is 0.255 e. The predicted octanol–water partition coefficient (Wildman–Crippen LogP) is 4.06. The van der Waals surface area contributed by atoms with Gasteiger partial charge in [-0.05, 0) is 78.7 Å². The fraction of sp³-hybridized carbons (Fsp3) is 0.174. The van der Waals surface area contributed by atoms with Crippen molar-refractivity contribution in [3.8, 4) is 17.2 Å². The molecule has 1 aliphatic heterocycles. The monoisotopic (exact) mass is 438 g/mol. The van der Waals surface area contributed by atoms with Gasteiger partial charge in [0.1, 0.15) is 17.2 Å².